The highest BCUT2D eigenvalue weighted by Gasteiger charge is 2.24. The summed E-state index contributed by atoms with van der Waals surface area (Å²) in [6.07, 6.45) is 1.51. The summed E-state index contributed by atoms with van der Waals surface area (Å²) in [7, 11) is -1.12. The Kier molecular flexibility index (Phi) is 5.40. The van der Waals surface area contributed by atoms with Crippen molar-refractivity contribution in [1.29, 1.82) is 0 Å². The smallest absolute Gasteiger partial charge is 0.134 e. The summed E-state index contributed by atoms with van der Waals surface area (Å²) in [6.45, 7) is 5.95. The molecule has 1 unspecified atom stereocenters. The highest BCUT2D eigenvalue weighted by atomic mass is 32.2. The van der Waals surface area contributed by atoms with Gasteiger partial charge in [-0.05, 0) is 44.9 Å². The Balaban J connectivity index is 1.80. The molecule has 0 amide bonds. The van der Waals surface area contributed by atoms with Crippen LogP contribution < -0.4 is 4.72 Å². The standard InChI is InChI=1S/C21H25NO2S/c1-21(2,3)25(23)22-18(13-16-9-5-4-6-10-16)15-19-14-17-11-7-8-12-20(17)24-19/h4-12,14,18,22H,13,15H2,1-3H3/t18-,25?/m1/s1. The molecular formula is C21H25NO2S. The van der Waals surface area contributed by atoms with Crippen LogP contribution in [0, 0.1) is 0 Å². The molecule has 132 valence electrons. The van der Waals surface area contributed by atoms with Gasteiger partial charge in [-0.2, -0.15) is 0 Å². The van der Waals surface area contributed by atoms with Crippen molar-refractivity contribution in [3.05, 3.63) is 72.0 Å². The van der Waals surface area contributed by atoms with Crippen molar-refractivity contribution in [2.24, 2.45) is 0 Å². The van der Waals surface area contributed by atoms with Gasteiger partial charge >= 0.3 is 0 Å². The molecule has 3 nitrogen and oxygen atoms in total. The molecule has 1 heterocycles. The molecule has 0 fully saturated rings. The van der Waals surface area contributed by atoms with Gasteiger partial charge in [0, 0.05) is 17.8 Å². The fraction of sp³-hybridized carbons (Fsp3) is 0.333. The summed E-state index contributed by atoms with van der Waals surface area (Å²) < 4.78 is 21.6. The van der Waals surface area contributed by atoms with Crippen LogP contribution in [0.25, 0.3) is 11.0 Å². The van der Waals surface area contributed by atoms with Crippen molar-refractivity contribution < 1.29 is 8.63 Å². The van der Waals surface area contributed by atoms with Crippen molar-refractivity contribution >= 4 is 22.0 Å². The molecule has 0 radical (unpaired) electrons. The molecule has 4 heteroatoms. The first-order valence-electron chi connectivity index (χ1n) is 8.61. The third kappa shape index (κ3) is 4.80. The molecule has 0 aliphatic rings. The van der Waals surface area contributed by atoms with E-state index in [-0.39, 0.29) is 10.8 Å². The first-order chi connectivity index (χ1) is 11.9. The zero-order valence-corrected chi connectivity index (χ0v) is 15.8. The average Bonchev–Trinajstić information content (AvgIpc) is 2.97. The van der Waals surface area contributed by atoms with Gasteiger partial charge in [0.2, 0.25) is 0 Å². The monoisotopic (exact) mass is 355 g/mol. The lowest BCUT2D eigenvalue weighted by molar-refractivity contribution is 0.493. The number of fused-ring (bicyclic) bond motifs is 1. The molecule has 0 spiro atoms. The van der Waals surface area contributed by atoms with Crippen LogP contribution in [0.15, 0.2) is 65.1 Å². The molecule has 0 aliphatic heterocycles. The van der Waals surface area contributed by atoms with Crippen molar-refractivity contribution in [3.63, 3.8) is 0 Å². The maximum atomic E-state index is 12.6. The largest absolute Gasteiger partial charge is 0.461 e. The van der Waals surface area contributed by atoms with E-state index >= 15 is 0 Å². The molecular weight excluding hydrogens is 330 g/mol. The lowest BCUT2D eigenvalue weighted by Gasteiger charge is -2.24. The van der Waals surface area contributed by atoms with E-state index in [4.69, 9.17) is 4.42 Å². The van der Waals surface area contributed by atoms with E-state index in [0.717, 1.165) is 23.2 Å². The average molecular weight is 356 g/mol. The Bertz CT molecular complexity index is 816. The van der Waals surface area contributed by atoms with Gasteiger partial charge in [-0.15, -0.1) is 0 Å². The van der Waals surface area contributed by atoms with Crippen LogP contribution in [0.5, 0.6) is 0 Å². The molecule has 2 atom stereocenters. The molecule has 3 aromatic rings. The topological polar surface area (TPSA) is 42.2 Å². The number of furan rings is 1. The minimum atomic E-state index is -1.12. The third-order valence-corrected chi connectivity index (χ3v) is 5.74. The number of nitrogens with one attached hydrogen (secondary N) is 1. The van der Waals surface area contributed by atoms with Gasteiger partial charge in [-0.25, -0.2) is 8.93 Å². The van der Waals surface area contributed by atoms with Gasteiger partial charge in [0.05, 0.1) is 15.7 Å². The maximum absolute atomic E-state index is 12.6. The van der Waals surface area contributed by atoms with E-state index in [0.29, 0.717) is 6.42 Å². The van der Waals surface area contributed by atoms with Crippen LogP contribution in [0.2, 0.25) is 0 Å². The van der Waals surface area contributed by atoms with E-state index in [1.54, 1.807) is 0 Å². The first kappa shape index (κ1) is 17.9. The van der Waals surface area contributed by atoms with Gasteiger partial charge in [0.1, 0.15) is 11.3 Å². The lowest BCUT2D eigenvalue weighted by atomic mass is 10.0. The summed E-state index contributed by atoms with van der Waals surface area (Å²) in [4.78, 5) is 0. The molecule has 1 aromatic heterocycles. The zero-order chi connectivity index (χ0) is 17.9. The van der Waals surface area contributed by atoms with Crippen LogP contribution in [0.4, 0.5) is 0 Å². The van der Waals surface area contributed by atoms with E-state index in [1.165, 1.54) is 5.56 Å². The first-order valence-corrected chi connectivity index (χ1v) is 9.76. The molecule has 0 aliphatic carbocycles. The van der Waals surface area contributed by atoms with E-state index in [2.05, 4.69) is 29.0 Å². The summed E-state index contributed by atoms with van der Waals surface area (Å²) in [5, 5.41) is 1.10. The highest BCUT2D eigenvalue weighted by molar-refractivity contribution is 7.84. The van der Waals surface area contributed by atoms with E-state index in [9.17, 15) is 4.21 Å². The summed E-state index contributed by atoms with van der Waals surface area (Å²) in [6, 6.07) is 20.4. The molecule has 0 bridgehead atoms. The van der Waals surface area contributed by atoms with Gasteiger partial charge in [-0.1, -0.05) is 48.5 Å². The van der Waals surface area contributed by atoms with Gasteiger partial charge in [0.15, 0.2) is 0 Å². The summed E-state index contributed by atoms with van der Waals surface area (Å²) >= 11 is 0. The predicted octanol–water partition coefficient (Wildman–Crippen LogP) is 4.64. The lowest BCUT2D eigenvalue weighted by Crippen LogP contribution is -2.41. The molecule has 25 heavy (non-hydrogen) atoms. The minimum absolute atomic E-state index is 0.0445. The third-order valence-electron chi connectivity index (χ3n) is 4.08. The molecule has 2 aromatic carbocycles. The van der Waals surface area contributed by atoms with Gasteiger partial charge < -0.3 is 4.42 Å². The Morgan fingerprint density at radius 2 is 1.68 bits per heavy atom. The minimum Gasteiger partial charge on any atom is -0.461 e. The Hall–Kier alpha value is -1.91. The van der Waals surface area contributed by atoms with Crippen LogP contribution in [0.1, 0.15) is 32.1 Å². The second-order valence-corrected chi connectivity index (χ2v) is 9.34. The molecule has 0 saturated heterocycles. The molecule has 3 rings (SSSR count). The number of hydrogen-bond acceptors (Lipinski definition) is 2. The number of hydrogen-bond donors (Lipinski definition) is 1. The van der Waals surface area contributed by atoms with Gasteiger partial charge in [0.25, 0.3) is 0 Å². The Morgan fingerprint density at radius 3 is 2.36 bits per heavy atom. The van der Waals surface area contributed by atoms with Crippen LogP contribution in [-0.2, 0) is 23.8 Å². The summed E-state index contributed by atoms with van der Waals surface area (Å²) in [5.74, 6) is 0.917. The maximum Gasteiger partial charge on any atom is 0.134 e. The fourth-order valence-corrected chi connectivity index (χ4v) is 3.59. The van der Waals surface area contributed by atoms with Crippen molar-refractivity contribution in [3.8, 4) is 0 Å². The number of benzene rings is 2. The molecule has 0 saturated carbocycles. The Morgan fingerprint density at radius 1 is 1.00 bits per heavy atom. The summed E-state index contributed by atoms with van der Waals surface area (Å²) in [5.41, 5.74) is 2.12. The van der Waals surface area contributed by atoms with E-state index < -0.39 is 11.0 Å². The van der Waals surface area contributed by atoms with Crippen LogP contribution >= 0.6 is 0 Å². The fourth-order valence-electron chi connectivity index (χ4n) is 2.76. The predicted molar refractivity (Wildman–Crippen MR) is 105 cm³/mol. The van der Waals surface area contributed by atoms with Crippen molar-refractivity contribution in [1.82, 2.24) is 4.72 Å². The van der Waals surface area contributed by atoms with Crippen molar-refractivity contribution in [2.45, 2.75) is 44.4 Å². The second kappa shape index (κ2) is 7.54. The van der Waals surface area contributed by atoms with Crippen LogP contribution in [-0.4, -0.2) is 15.0 Å². The normalized spacial score (nSPS) is 14.5. The molecule has 1 N–H and O–H groups in total. The van der Waals surface area contributed by atoms with Gasteiger partial charge in [-0.3, -0.25) is 0 Å². The quantitative estimate of drug-likeness (QED) is 0.700. The van der Waals surface area contributed by atoms with Crippen LogP contribution in [0.3, 0.4) is 0 Å². The second-order valence-electron chi connectivity index (χ2n) is 7.34. The van der Waals surface area contributed by atoms with Crippen molar-refractivity contribution in [2.75, 3.05) is 0 Å². The number of para-hydroxylation sites is 1. The Labute approximate surface area is 152 Å². The van der Waals surface area contributed by atoms with E-state index in [1.807, 2.05) is 57.2 Å². The zero-order valence-electron chi connectivity index (χ0n) is 15.0. The highest BCUT2D eigenvalue weighted by Crippen LogP contribution is 2.21. The SMILES string of the molecule is CC(C)(C)S(=O)N[C@H](Cc1ccccc1)Cc1cc2ccccc2o1. The number of rotatable bonds is 6.